The maximum atomic E-state index is 5.68. The first kappa shape index (κ1) is 15.5. The van der Waals surface area contributed by atoms with Crippen molar-refractivity contribution in [1.82, 2.24) is 0 Å². The maximum Gasteiger partial charge on any atom is 0.198 e. The fourth-order valence-corrected chi connectivity index (χ4v) is 2.03. The number of rotatable bonds is 6. The molecule has 0 aromatic heterocycles. The van der Waals surface area contributed by atoms with Crippen molar-refractivity contribution in [3.05, 3.63) is 59.7 Å². The van der Waals surface area contributed by atoms with E-state index in [4.69, 9.17) is 21.7 Å². The highest BCUT2D eigenvalue weighted by Crippen LogP contribution is 2.17. The van der Waals surface area contributed by atoms with Gasteiger partial charge in [0.1, 0.15) is 11.5 Å². The Kier molecular flexibility index (Phi) is 5.76. The lowest BCUT2D eigenvalue weighted by molar-refractivity contribution is 0.309. The van der Waals surface area contributed by atoms with Crippen LogP contribution in [0.15, 0.2) is 48.5 Å². The van der Waals surface area contributed by atoms with Crippen molar-refractivity contribution in [3.8, 4) is 11.5 Å². The van der Waals surface area contributed by atoms with Gasteiger partial charge in [-0.15, -0.1) is 0 Å². The molecule has 0 amide bonds. The van der Waals surface area contributed by atoms with Gasteiger partial charge in [0, 0.05) is 5.56 Å². The summed E-state index contributed by atoms with van der Waals surface area (Å²) >= 11 is 5.32. The van der Waals surface area contributed by atoms with Crippen LogP contribution in [0.3, 0.4) is 0 Å². The molecule has 0 saturated heterocycles. The van der Waals surface area contributed by atoms with Crippen LogP contribution in [0.25, 0.3) is 0 Å². The fraction of sp³-hybridized carbons (Fsp3) is 0.278. The lowest BCUT2D eigenvalue weighted by Crippen LogP contribution is -2.07. The van der Waals surface area contributed by atoms with Gasteiger partial charge >= 0.3 is 0 Å². The number of aryl methyl sites for hydroxylation is 1. The maximum absolute atomic E-state index is 5.68. The van der Waals surface area contributed by atoms with Crippen molar-refractivity contribution >= 4 is 17.3 Å². The first-order valence-corrected chi connectivity index (χ1v) is 7.61. The first-order chi connectivity index (χ1) is 10.2. The Morgan fingerprint density at radius 3 is 2.19 bits per heavy atom. The standard InChI is InChI=1S/C18H20O2S/c1-3-4-13-19-16-11-7-15(8-12-16)18(21)20-17-9-5-14(2)6-10-17/h5-12H,3-4,13H2,1-2H3. The van der Waals surface area contributed by atoms with Crippen molar-refractivity contribution in [1.29, 1.82) is 0 Å². The molecule has 0 aliphatic carbocycles. The average molecular weight is 300 g/mol. The van der Waals surface area contributed by atoms with E-state index >= 15 is 0 Å². The van der Waals surface area contributed by atoms with Crippen LogP contribution in [0.1, 0.15) is 30.9 Å². The molecule has 0 spiro atoms. The average Bonchev–Trinajstić information content (AvgIpc) is 2.50. The lowest BCUT2D eigenvalue weighted by atomic mass is 10.2. The summed E-state index contributed by atoms with van der Waals surface area (Å²) in [5.74, 6) is 1.62. The molecule has 2 nitrogen and oxygen atoms in total. The van der Waals surface area contributed by atoms with E-state index in [1.165, 1.54) is 5.56 Å². The molecule has 0 bridgehead atoms. The second-order valence-corrected chi connectivity index (χ2v) is 5.30. The molecule has 2 aromatic carbocycles. The summed E-state index contributed by atoms with van der Waals surface area (Å²) in [4.78, 5) is 0. The summed E-state index contributed by atoms with van der Waals surface area (Å²) in [6.45, 7) is 4.94. The SMILES string of the molecule is CCCCOc1ccc(C(=S)Oc2ccc(C)cc2)cc1. The van der Waals surface area contributed by atoms with Gasteiger partial charge in [-0.3, -0.25) is 0 Å². The Morgan fingerprint density at radius 1 is 0.952 bits per heavy atom. The molecule has 0 aliphatic rings. The summed E-state index contributed by atoms with van der Waals surface area (Å²) in [7, 11) is 0. The molecule has 0 heterocycles. The first-order valence-electron chi connectivity index (χ1n) is 7.21. The molecule has 0 saturated carbocycles. The predicted molar refractivity (Wildman–Crippen MR) is 90.4 cm³/mol. The Morgan fingerprint density at radius 2 is 1.57 bits per heavy atom. The molecular weight excluding hydrogens is 280 g/mol. The molecule has 0 fully saturated rings. The molecule has 3 heteroatoms. The van der Waals surface area contributed by atoms with Gasteiger partial charge in [0.15, 0.2) is 5.05 Å². The van der Waals surface area contributed by atoms with Crippen LogP contribution in [0.5, 0.6) is 11.5 Å². The number of hydrogen-bond acceptors (Lipinski definition) is 3. The monoisotopic (exact) mass is 300 g/mol. The zero-order valence-electron chi connectivity index (χ0n) is 12.5. The van der Waals surface area contributed by atoms with Crippen molar-refractivity contribution in [2.24, 2.45) is 0 Å². The normalized spacial score (nSPS) is 10.2. The Labute approximate surface area is 131 Å². The smallest absolute Gasteiger partial charge is 0.198 e. The summed E-state index contributed by atoms with van der Waals surface area (Å²) in [5.41, 5.74) is 2.08. The van der Waals surface area contributed by atoms with Gasteiger partial charge < -0.3 is 9.47 Å². The van der Waals surface area contributed by atoms with Gasteiger partial charge in [-0.05, 0) is 62.0 Å². The Hall–Kier alpha value is -1.87. The van der Waals surface area contributed by atoms with Gasteiger partial charge in [0.05, 0.1) is 6.61 Å². The van der Waals surface area contributed by atoms with E-state index in [0.717, 1.165) is 36.5 Å². The Bertz CT molecular complexity index is 573. The highest BCUT2D eigenvalue weighted by atomic mass is 32.1. The second kappa shape index (κ2) is 7.79. The third kappa shape index (κ3) is 4.87. The number of hydrogen-bond donors (Lipinski definition) is 0. The molecule has 2 aromatic rings. The van der Waals surface area contributed by atoms with Crippen molar-refractivity contribution in [2.45, 2.75) is 26.7 Å². The summed E-state index contributed by atoms with van der Waals surface area (Å²) in [6.07, 6.45) is 2.20. The van der Waals surface area contributed by atoms with Crippen molar-refractivity contribution in [2.75, 3.05) is 6.61 Å². The molecule has 2 rings (SSSR count). The molecule has 0 atom stereocenters. The molecule has 21 heavy (non-hydrogen) atoms. The minimum atomic E-state index is 0.471. The van der Waals surface area contributed by atoms with Crippen LogP contribution >= 0.6 is 12.2 Å². The summed E-state index contributed by atoms with van der Waals surface area (Å²) < 4.78 is 11.3. The van der Waals surface area contributed by atoms with E-state index in [9.17, 15) is 0 Å². The highest BCUT2D eigenvalue weighted by Gasteiger charge is 2.04. The van der Waals surface area contributed by atoms with E-state index in [2.05, 4.69) is 6.92 Å². The van der Waals surface area contributed by atoms with Gasteiger partial charge in [0.2, 0.25) is 0 Å². The number of unbranched alkanes of at least 4 members (excludes halogenated alkanes) is 1. The quantitative estimate of drug-likeness (QED) is 0.557. The number of benzene rings is 2. The van der Waals surface area contributed by atoms with Crippen LogP contribution in [0.4, 0.5) is 0 Å². The zero-order chi connectivity index (χ0) is 15.1. The second-order valence-electron chi connectivity index (χ2n) is 4.93. The molecule has 110 valence electrons. The largest absolute Gasteiger partial charge is 0.494 e. The van der Waals surface area contributed by atoms with Crippen LogP contribution in [-0.4, -0.2) is 11.7 Å². The van der Waals surface area contributed by atoms with E-state index in [-0.39, 0.29) is 0 Å². The van der Waals surface area contributed by atoms with Gasteiger partial charge in [-0.25, -0.2) is 0 Å². The third-order valence-corrected chi connectivity index (χ3v) is 3.41. The molecule has 0 radical (unpaired) electrons. The highest BCUT2D eigenvalue weighted by molar-refractivity contribution is 7.80. The minimum Gasteiger partial charge on any atom is -0.494 e. The van der Waals surface area contributed by atoms with E-state index in [0.29, 0.717) is 5.05 Å². The van der Waals surface area contributed by atoms with E-state index in [1.54, 1.807) is 0 Å². The van der Waals surface area contributed by atoms with E-state index < -0.39 is 0 Å². The minimum absolute atomic E-state index is 0.471. The van der Waals surface area contributed by atoms with Crippen molar-refractivity contribution < 1.29 is 9.47 Å². The van der Waals surface area contributed by atoms with E-state index in [1.807, 2.05) is 55.5 Å². The molecule has 0 N–H and O–H groups in total. The van der Waals surface area contributed by atoms with Crippen LogP contribution < -0.4 is 9.47 Å². The fourth-order valence-electron chi connectivity index (χ4n) is 1.79. The van der Waals surface area contributed by atoms with Crippen LogP contribution in [-0.2, 0) is 0 Å². The topological polar surface area (TPSA) is 18.5 Å². The van der Waals surface area contributed by atoms with Gasteiger partial charge in [0.25, 0.3) is 0 Å². The predicted octanol–water partition coefficient (Wildman–Crippen LogP) is 4.93. The van der Waals surface area contributed by atoms with Gasteiger partial charge in [-0.2, -0.15) is 0 Å². The molecule has 0 aliphatic heterocycles. The van der Waals surface area contributed by atoms with Crippen LogP contribution in [0.2, 0.25) is 0 Å². The molecular formula is C18H20O2S. The summed E-state index contributed by atoms with van der Waals surface area (Å²) in [5, 5.41) is 0.471. The van der Waals surface area contributed by atoms with Crippen molar-refractivity contribution in [3.63, 3.8) is 0 Å². The zero-order valence-corrected chi connectivity index (χ0v) is 13.3. The number of ether oxygens (including phenoxy) is 2. The molecule has 0 unspecified atom stereocenters. The number of thiocarbonyl (C=S) groups is 1. The summed E-state index contributed by atoms with van der Waals surface area (Å²) in [6, 6.07) is 15.6. The van der Waals surface area contributed by atoms with Crippen LogP contribution in [0, 0.1) is 6.92 Å². The Balaban J connectivity index is 1.94. The third-order valence-electron chi connectivity index (χ3n) is 3.09. The van der Waals surface area contributed by atoms with Gasteiger partial charge in [-0.1, -0.05) is 31.0 Å². The lowest BCUT2D eigenvalue weighted by Gasteiger charge is -2.09.